The number of nitrogens with zero attached hydrogens (tertiary/aromatic N) is 1. The lowest BCUT2D eigenvalue weighted by atomic mass is 9.95. The lowest BCUT2D eigenvalue weighted by molar-refractivity contribution is 0.352. The third kappa shape index (κ3) is 1.69. The van der Waals surface area contributed by atoms with Crippen LogP contribution < -0.4 is 4.74 Å². The molecule has 0 bridgehead atoms. The van der Waals surface area contributed by atoms with E-state index in [4.69, 9.17) is 4.74 Å². The predicted molar refractivity (Wildman–Crippen MR) is 61.7 cm³/mol. The van der Waals surface area contributed by atoms with Gasteiger partial charge in [0.25, 0.3) is 0 Å². The minimum absolute atomic E-state index is 0.0313. The molecule has 0 amide bonds. The highest BCUT2D eigenvalue weighted by Gasteiger charge is 2.23. The number of rotatable bonds is 2. The van der Waals surface area contributed by atoms with Crippen LogP contribution in [0.5, 0.6) is 5.75 Å². The lowest BCUT2D eigenvalue weighted by Crippen LogP contribution is -2.00. The van der Waals surface area contributed by atoms with E-state index in [2.05, 4.69) is 9.97 Å². The average molecular weight is 232 g/mol. The fraction of sp³-hybridized carbons (Fsp3) is 0.308. The van der Waals surface area contributed by atoms with E-state index >= 15 is 0 Å². The van der Waals surface area contributed by atoms with Crippen LogP contribution in [0.3, 0.4) is 0 Å². The summed E-state index contributed by atoms with van der Waals surface area (Å²) in [7, 11) is 0. The van der Waals surface area contributed by atoms with Crippen LogP contribution >= 0.6 is 0 Å². The summed E-state index contributed by atoms with van der Waals surface area (Å²) in [4.78, 5) is 7.13. The minimum atomic E-state index is -0.202. The number of aromatic nitrogens is 2. The fourth-order valence-electron chi connectivity index (χ4n) is 2.29. The summed E-state index contributed by atoms with van der Waals surface area (Å²) < 4.78 is 19.1. The van der Waals surface area contributed by atoms with E-state index in [-0.39, 0.29) is 11.7 Å². The fourth-order valence-corrected chi connectivity index (χ4v) is 2.29. The largest absolute Gasteiger partial charge is 0.493 e. The number of aromatic amines is 1. The van der Waals surface area contributed by atoms with Gasteiger partial charge in [-0.2, -0.15) is 0 Å². The molecule has 0 saturated heterocycles. The van der Waals surface area contributed by atoms with Crippen LogP contribution in [0.1, 0.15) is 29.7 Å². The smallest absolute Gasteiger partial charge is 0.126 e. The van der Waals surface area contributed by atoms with Gasteiger partial charge in [0.2, 0.25) is 0 Å². The summed E-state index contributed by atoms with van der Waals surface area (Å²) in [5.74, 6) is 0.664. The number of imidazole rings is 1. The van der Waals surface area contributed by atoms with Crippen molar-refractivity contribution in [2.75, 3.05) is 6.61 Å². The first-order valence-electron chi connectivity index (χ1n) is 5.69. The minimum Gasteiger partial charge on any atom is -0.493 e. The van der Waals surface area contributed by atoms with Crippen molar-refractivity contribution in [3.63, 3.8) is 0 Å². The van der Waals surface area contributed by atoms with E-state index in [1.807, 2.05) is 13.1 Å². The summed E-state index contributed by atoms with van der Waals surface area (Å²) in [6, 6.07) is 3.10. The first-order valence-corrected chi connectivity index (χ1v) is 5.69. The van der Waals surface area contributed by atoms with Crippen molar-refractivity contribution in [2.45, 2.75) is 19.3 Å². The van der Waals surface area contributed by atoms with Crippen LogP contribution in [0, 0.1) is 5.82 Å². The van der Waals surface area contributed by atoms with E-state index in [0.29, 0.717) is 6.61 Å². The molecule has 1 aromatic carbocycles. The maximum Gasteiger partial charge on any atom is 0.126 e. The highest BCUT2D eigenvalue weighted by molar-refractivity contribution is 5.48. The van der Waals surface area contributed by atoms with Crippen molar-refractivity contribution in [1.29, 1.82) is 0 Å². The summed E-state index contributed by atoms with van der Waals surface area (Å²) >= 11 is 0. The summed E-state index contributed by atoms with van der Waals surface area (Å²) in [6.07, 6.45) is 4.25. The van der Waals surface area contributed by atoms with E-state index in [1.165, 1.54) is 0 Å². The Morgan fingerprint density at radius 2 is 2.35 bits per heavy atom. The second-order valence-electron chi connectivity index (χ2n) is 4.30. The van der Waals surface area contributed by atoms with Gasteiger partial charge in [0.15, 0.2) is 0 Å². The van der Waals surface area contributed by atoms with Gasteiger partial charge in [-0.25, -0.2) is 9.37 Å². The van der Waals surface area contributed by atoms with Crippen LogP contribution in [0.25, 0.3) is 0 Å². The van der Waals surface area contributed by atoms with Gasteiger partial charge in [-0.1, -0.05) is 6.92 Å². The monoisotopic (exact) mass is 232 g/mol. The number of hydrogen-bond donors (Lipinski definition) is 1. The van der Waals surface area contributed by atoms with Crippen molar-refractivity contribution in [2.24, 2.45) is 0 Å². The molecule has 3 rings (SSSR count). The molecular formula is C13H13FN2O. The molecular weight excluding hydrogens is 219 g/mol. The van der Waals surface area contributed by atoms with Gasteiger partial charge < -0.3 is 9.72 Å². The number of nitrogens with one attached hydrogen (secondary N) is 1. The molecule has 4 heteroatoms. The molecule has 17 heavy (non-hydrogen) atoms. The van der Waals surface area contributed by atoms with Crippen LogP contribution in [-0.2, 0) is 6.42 Å². The highest BCUT2D eigenvalue weighted by atomic mass is 19.1. The van der Waals surface area contributed by atoms with E-state index in [9.17, 15) is 4.39 Å². The van der Waals surface area contributed by atoms with Crippen LogP contribution in [0.2, 0.25) is 0 Å². The molecule has 1 aliphatic rings. The topological polar surface area (TPSA) is 37.9 Å². The molecule has 0 fully saturated rings. The molecule has 1 N–H and O–H groups in total. The Balaban J connectivity index is 2.09. The average Bonchev–Trinajstić information content (AvgIpc) is 2.97. The van der Waals surface area contributed by atoms with E-state index in [1.54, 1.807) is 18.5 Å². The Kier molecular flexibility index (Phi) is 2.35. The molecule has 1 aliphatic heterocycles. The first kappa shape index (κ1) is 10.3. The molecule has 0 aliphatic carbocycles. The van der Waals surface area contributed by atoms with Gasteiger partial charge in [0, 0.05) is 29.7 Å². The highest BCUT2D eigenvalue weighted by Crippen LogP contribution is 2.37. The van der Waals surface area contributed by atoms with Crippen molar-refractivity contribution >= 4 is 0 Å². The van der Waals surface area contributed by atoms with Crippen molar-refractivity contribution in [1.82, 2.24) is 9.97 Å². The Labute approximate surface area is 98.7 Å². The standard InChI is InChI=1S/C13H13FN2O/c1-8(12-6-15-7-16-12)11-5-10(14)4-9-2-3-17-13(9)11/h4-8H,2-3H2,1H3,(H,15,16). The molecule has 0 radical (unpaired) electrons. The summed E-state index contributed by atoms with van der Waals surface area (Å²) in [5.41, 5.74) is 2.74. The van der Waals surface area contributed by atoms with Crippen molar-refractivity contribution in [3.8, 4) is 5.75 Å². The maximum atomic E-state index is 13.5. The number of ether oxygens (including phenoxy) is 1. The predicted octanol–water partition coefficient (Wildman–Crippen LogP) is 2.64. The Morgan fingerprint density at radius 1 is 1.47 bits per heavy atom. The zero-order valence-electron chi connectivity index (χ0n) is 9.53. The van der Waals surface area contributed by atoms with Gasteiger partial charge in [0.1, 0.15) is 11.6 Å². The van der Waals surface area contributed by atoms with Crippen molar-refractivity contribution < 1.29 is 9.13 Å². The molecule has 1 aromatic heterocycles. The third-order valence-electron chi connectivity index (χ3n) is 3.21. The number of halogens is 1. The lowest BCUT2D eigenvalue weighted by Gasteiger charge is -2.13. The maximum absolute atomic E-state index is 13.5. The zero-order valence-corrected chi connectivity index (χ0v) is 9.53. The number of hydrogen-bond acceptors (Lipinski definition) is 2. The molecule has 88 valence electrons. The normalized spacial score (nSPS) is 15.4. The van der Waals surface area contributed by atoms with Crippen LogP contribution in [0.15, 0.2) is 24.7 Å². The van der Waals surface area contributed by atoms with Gasteiger partial charge in [-0.15, -0.1) is 0 Å². The molecule has 1 unspecified atom stereocenters. The van der Waals surface area contributed by atoms with Crippen LogP contribution in [-0.4, -0.2) is 16.6 Å². The van der Waals surface area contributed by atoms with Gasteiger partial charge >= 0.3 is 0 Å². The van der Waals surface area contributed by atoms with Gasteiger partial charge in [-0.3, -0.25) is 0 Å². The molecule has 1 atom stereocenters. The Bertz CT molecular complexity index is 537. The quantitative estimate of drug-likeness (QED) is 0.864. The Morgan fingerprint density at radius 3 is 3.12 bits per heavy atom. The molecule has 3 nitrogen and oxygen atoms in total. The molecule has 2 aromatic rings. The molecule has 2 heterocycles. The second-order valence-corrected chi connectivity index (χ2v) is 4.30. The number of H-pyrrole nitrogens is 1. The zero-order chi connectivity index (χ0) is 11.8. The summed E-state index contributed by atoms with van der Waals surface area (Å²) in [6.45, 7) is 2.64. The number of benzene rings is 1. The van der Waals surface area contributed by atoms with E-state index < -0.39 is 0 Å². The molecule has 0 saturated carbocycles. The van der Waals surface area contributed by atoms with E-state index in [0.717, 1.165) is 29.0 Å². The number of fused-ring (bicyclic) bond motifs is 1. The molecule has 0 spiro atoms. The van der Waals surface area contributed by atoms with Crippen LogP contribution in [0.4, 0.5) is 4.39 Å². The Hall–Kier alpha value is -1.84. The van der Waals surface area contributed by atoms with Gasteiger partial charge in [-0.05, 0) is 12.1 Å². The first-order chi connectivity index (χ1) is 8.25. The van der Waals surface area contributed by atoms with Gasteiger partial charge in [0.05, 0.1) is 18.6 Å². The van der Waals surface area contributed by atoms with Crippen molar-refractivity contribution in [3.05, 3.63) is 47.3 Å². The summed E-state index contributed by atoms with van der Waals surface area (Å²) in [5, 5.41) is 0. The second kappa shape index (κ2) is 3.87. The third-order valence-corrected chi connectivity index (χ3v) is 3.21. The SMILES string of the molecule is CC(c1c[nH]cn1)c1cc(F)cc2c1OCC2.